The van der Waals surface area contributed by atoms with E-state index in [0.717, 1.165) is 0 Å². The molecule has 0 radical (unpaired) electrons. The second-order valence-corrected chi connectivity index (χ2v) is 6.37. The normalized spacial score (nSPS) is 20.2. The molecule has 0 aliphatic carbocycles. The number of ether oxygens (including phenoxy) is 1. The highest BCUT2D eigenvalue weighted by Gasteiger charge is 2.20. The van der Waals surface area contributed by atoms with Crippen LogP contribution in [0.2, 0.25) is 0 Å². The second-order valence-electron chi connectivity index (χ2n) is 6.37. The van der Waals surface area contributed by atoms with Gasteiger partial charge in [-0.05, 0) is 38.1 Å². The Balaban J connectivity index is 1.82. The Bertz CT molecular complexity index is 987. The number of carbonyl (C=O) groups excluding carboxylic acids is 1. The summed E-state index contributed by atoms with van der Waals surface area (Å²) in [5.41, 5.74) is 1.51. The van der Waals surface area contributed by atoms with Gasteiger partial charge in [0.2, 0.25) is 0 Å². The molecular weight excluding hydrogens is 337 g/mol. The second kappa shape index (κ2) is 6.29. The fraction of sp³-hybridized carbons (Fsp3) is 0.278. The molecule has 0 saturated heterocycles. The zero-order valence-electron chi connectivity index (χ0n) is 14.4. The van der Waals surface area contributed by atoms with E-state index in [1.165, 1.54) is 18.3 Å². The number of rotatable bonds is 0. The Morgan fingerprint density at radius 1 is 1.27 bits per heavy atom. The van der Waals surface area contributed by atoms with Gasteiger partial charge in [-0.15, -0.1) is 0 Å². The van der Waals surface area contributed by atoms with Crippen molar-refractivity contribution in [1.29, 1.82) is 0 Å². The number of carbonyl (C=O) groups is 1. The number of hydrogen-bond donors (Lipinski definition) is 2. The number of halogens is 1. The van der Waals surface area contributed by atoms with Gasteiger partial charge < -0.3 is 15.4 Å². The number of benzene rings is 1. The third kappa shape index (κ3) is 2.94. The van der Waals surface area contributed by atoms with Gasteiger partial charge in [0.1, 0.15) is 29.6 Å². The van der Waals surface area contributed by atoms with E-state index in [4.69, 9.17) is 4.74 Å². The summed E-state index contributed by atoms with van der Waals surface area (Å²) in [5, 5.41) is 10.3. The number of amides is 1. The minimum atomic E-state index is -0.340. The van der Waals surface area contributed by atoms with Gasteiger partial charge in [-0.3, -0.25) is 4.79 Å². The fourth-order valence-electron chi connectivity index (χ4n) is 2.96. The van der Waals surface area contributed by atoms with Gasteiger partial charge in [-0.25, -0.2) is 13.9 Å². The van der Waals surface area contributed by atoms with E-state index in [0.29, 0.717) is 28.3 Å². The first-order valence-corrected chi connectivity index (χ1v) is 8.35. The number of hydrogen-bond acceptors (Lipinski definition) is 5. The Labute approximate surface area is 149 Å². The lowest BCUT2D eigenvalue weighted by Crippen LogP contribution is -2.36. The average molecular weight is 355 g/mol. The first kappa shape index (κ1) is 16.3. The van der Waals surface area contributed by atoms with Crippen LogP contribution in [-0.2, 0) is 0 Å². The predicted molar refractivity (Wildman–Crippen MR) is 93.8 cm³/mol. The van der Waals surface area contributed by atoms with E-state index in [9.17, 15) is 9.18 Å². The van der Waals surface area contributed by atoms with Crippen molar-refractivity contribution in [3.63, 3.8) is 0 Å². The molecule has 7 nitrogen and oxygen atoms in total. The third-order valence-electron chi connectivity index (χ3n) is 4.28. The number of nitrogens with one attached hydrogen (secondary N) is 2. The summed E-state index contributed by atoms with van der Waals surface area (Å²) in [5.74, 6) is 0.512. The zero-order chi connectivity index (χ0) is 18.3. The van der Waals surface area contributed by atoms with Crippen molar-refractivity contribution >= 4 is 17.4 Å². The summed E-state index contributed by atoms with van der Waals surface area (Å²) in [4.78, 5) is 17.0. The summed E-state index contributed by atoms with van der Waals surface area (Å²) in [6, 6.07) is 5.65. The Hall–Kier alpha value is -3.16. The van der Waals surface area contributed by atoms with Crippen molar-refractivity contribution < 1.29 is 13.9 Å². The largest absolute Gasteiger partial charge is 0.491 e. The molecule has 1 amide bonds. The van der Waals surface area contributed by atoms with Crippen LogP contribution in [0.4, 0.5) is 10.2 Å². The molecule has 8 heteroatoms. The lowest BCUT2D eigenvalue weighted by atomic mass is 10.1. The minimum absolute atomic E-state index is 0.248. The minimum Gasteiger partial charge on any atom is -0.491 e. The first-order valence-electron chi connectivity index (χ1n) is 8.35. The van der Waals surface area contributed by atoms with Crippen molar-refractivity contribution in [2.24, 2.45) is 0 Å². The van der Waals surface area contributed by atoms with Crippen molar-refractivity contribution in [3.05, 3.63) is 53.6 Å². The summed E-state index contributed by atoms with van der Waals surface area (Å²) >= 11 is 0. The van der Waals surface area contributed by atoms with E-state index in [-0.39, 0.29) is 30.4 Å². The number of nitrogens with zero attached hydrogens (tertiary/aromatic N) is 3. The highest BCUT2D eigenvalue weighted by Crippen LogP contribution is 2.29. The molecule has 0 spiro atoms. The monoisotopic (exact) mass is 355 g/mol. The molecule has 2 atom stereocenters. The number of anilines is 1. The average Bonchev–Trinajstić information content (AvgIpc) is 3.03. The van der Waals surface area contributed by atoms with Crippen LogP contribution >= 0.6 is 0 Å². The van der Waals surface area contributed by atoms with Gasteiger partial charge in [0.25, 0.3) is 5.91 Å². The molecule has 1 aromatic carbocycles. The predicted octanol–water partition coefficient (Wildman–Crippen LogP) is 2.55. The van der Waals surface area contributed by atoms with Gasteiger partial charge in [0.05, 0.1) is 18.3 Å². The maximum atomic E-state index is 13.8. The van der Waals surface area contributed by atoms with E-state index in [1.54, 1.807) is 22.8 Å². The van der Waals surface area contributed by atoms with Gasteiger partial charge in [0, 0.05) is 11.8 Å². The standard InChI is InChI=1S/C18H18FN5O2/c1-10-9-26-15-4-3-12(19)7-13(15)11(2)22-16-5-6-24-17(23-16)14(8-20-24)18(25)21-10/h3-8,10-11H,9H2,1-2H3,(H,21,25)(H,22,23). The van der Waals surface area contributed by atoms with Crippen LogP contribution in [0.5, 0.6) is 5.75 Å². The molecule has 2 bridgehead atoms. The van der Waals surface area contributed by atoms with Gasteiger partial charge in [-0.2, -0.15) is 5.10 Å². The summed E-state index contributed by atoms with van der Waals surface area (Å²) < 4.78 is 21.1. The maximum absolute atomic E-state index is 13.8. The molecule has 1 aliphatic heterocycles. The Morgan fingerprint density at radius 2 is 2.12 bits per heavy atom. The van der Waals surface area contributed by atoms with Gasteiger partial charge in [0.15, 0.2) is 5.65 Å². The van der Waals surface area contributed by atoms with Crippen molar-refractivity contribution in [3.8, 4) is 5.75 Å². The van der Waals surface area contributed by atoms with Crippen molar-refractivity contribution in [2.75, 3.05) is 11.9 Å². The van der Waals surface area contributed by atoms with Crippen LogP contribution in [-0.4, -0.2) is 33.2 Å². The lowest BCUT2D eigenvalue weighted by Gasteiger charge is -2.20. The summed E-state index contributed by atoms with van der Waals surface area (Å²) in [6.07, 6.45) is 3.21. The van der Waals surface area contributed by atoms with E-state index in [1.807, 2.05) is 13.8 Å². The van der Waals surface area contributed by atoms with E-state index in [2.05, 4.69) is 20.7 Å². The Kier molecular flexibility index (Phi) is 3.95. The smallest absolute Gasteiger partial charge is 0.257 e. The topological polar surface area (TPSA) is 80.6 Å². The molecule has 3 heterocycles. The first-order chi connectivity index (χ1) is 12.5. The molecule has 134 valence electrons. The van der Waals surface area contributed by atoms with Crippen LogP contribution in [0.25, 0.3) is 5.65 Å². The summed E-state index contributed by atoms with van der Waals surface area (Å²) in [7, 11) is 0. The van der Waals surface area contributed by atoms with E-state index < -0.39 is 0 Å². The van der Waals surface area contributed by atoms with Crippen LogP contribution in [0.1, 0.15) is 35.8 Å². The zero-order valence-corrected chi connectivity index (χ0v) is 14.4. The summed E-state index contributed by atoms with van der Waals surface area (Å²) in [6.45, 7) is 4.00. The molecule has 2 unspecified atom stereocenters. The van der Waals surface area contributed by atoms with Gasteiger partial charge >= 0.3 is 0 Å². The molecule has 0 saturated carbocycles. The number of fused-ring (bicyclic) bond motifs is 2. The van der Waals surface area contributed by atoms with Crippen LogP contribution in [0.15, 0.2) is 36.7 Å². The lowest BCUT2D eigenvalue weighted by molar-refractivity contribution is 0.0928. The van der Waals surface area contributed by atoms with E-state index >= 15 is 0 Å². The molecule has 4 rings (SSSR count). The Morgan fingerprint density at radius 3 is 2.96 bits per heavy atom. The van der Waals surface area contributed by atoms with Crippen molar-refractivity contribution in [1.82, 2.24) is 19.9 Å². The van der Waals surface area contributed by atoms with Gasteiger partial charge in [-0.1, -0.05) is 0 Å². The van der Waals surface area contributed by atoms with Crippen molar-refractivity contribution in [2.45, 2.75) is 25.9 Å². The molecule has 26 heavy (non-hydrogen) atoms. The molecule has 2 N–H and O–H groups in total. The number of aromatic nitrogens is 3. The quantitative estimate of drug-likeness (QED) is 0.648. The van der Waals surface area contributed by atoms with Crippen LogP contribution in [0.3, 0.4) is 0 Å². The fourth-order valence-corrected chi connectivity index (χ4v) is 2.96. The SMILES string of the molecule is CC1COc2ccc(F)cc2C(C)Nc2ccn3ncc(c3n2)C(=O)N1. The molecule has 0 fully saturated rings. The molecular formula is C18H18FN5O2. The molecule has 1 aliphatic rings. The highest BCUT2D eigenvalue weighted by atomic mass is 19.1. The highest BCUT2D eigenvalue weighted by molar-refractivity contribution is 5.99. The maximum Gasteiger partial charge on any atom is 0.257 e. The molecule has 3 aromatic rings. The third-order valence-corrected chi connectivity index (χ3v) is 4.28. The molecule has 2 aromatic heterocycles. The van der Waals surface area contributed by atoms with Crippen LogP contribution < -0.4 is 15.4 Å². The van der Waals surface area contributed by atoms with Crippen LogP contribution in [0, 0.1) is 5.82 Å².